The maximum atomic E-state index is 12.5. The van der Waals surface area contributed by atoms with Crippen molar-refractivity contribution in [3.8, 4) is 5.75 Å². The molecule has 0 amide bonds. The summed E-state index contributed by atoms with van der Waals surface area (Å²) in [6, 6.07) is 17.5. The minimum Gasteiger partial charge on any atom is -0.497 e. The van der Waals surface area contributed by atoms with Crippen LogP contribution in [0.25, 0.3) is 0 Å². The zero-order chi connectivity index (χ0) is 21.1. The van der Waals surface area contributed by atoms with Crippen LogP contribution in [0.2, 0.25) is 5.02 Å². The number of nitrogens with one attached hydrogen (secondary N) is 2. The molecule has 0 bridgehead atoms. The van der Waals surface area contributed by atoms with Crippen LogP contribution in [0.4, 0.5) is 11.4 Å². The van der Waals surface area contributed by atoms with E-state index in [0.717, 1.165) is 0 Å². The maximum absolute atomic E-state index is 12.5. The Hall–Kier alpha value is -2.75. The standard InChI is InChI=1S/C19H17ClN2O5S2/c1-27-17-7-11-19(12-8-17)28(23,24)21-15-5-9-18(10-6-15)29(25,26)22-16-4-2-3-14(20)13-16/h2-13,21-22H,1H3. The molecule has 0 saturated carbocycles. The SMILES string of the molecule is COc1ccc(S(=O)(=O)Nc2ccc(S(=O)(=O)Nc3cccc(Cl)c3)cc2)cc1. The number of rotatable bonds is 7. The van der Waals surface area contributed by atoms with E-state index in [9.17, 15) is 16.8 Å². The molecule has 7 nitrogen and oxygen atoms in total. The molecular formula is C19H17ClN2O5S2. The van der Waals surface area contributed by atoms with Crippen molar-refractivity contribution >= 4 is 43.0 Å². The lowest BCUT2D eigenvalue weighted by molar-refractivity contribution is 0.414. The summed E-state index contributed by atoms with van der Waals surface area (Å²) < 4.78 is 59.7. The predicted octanol–water partition coefficient (Wildman–Crippen LogP) is 3.95. The second-order valence-corrected chi connectivity index (χ2v) is 9.72. The van der Waals surface area contributed by atoms with Gasteiger partial charge in [-0.2, -0.15) is 0 Å². The summed E-state index contributed by atoms with van der Waals surface area (Å²) in [5.41, 5.74) is 0.546. The molecule has 0 aliphatic carbocycles. The van der Waals surface area contributed by atoms with Gasteiger partial charge >= 0.3 is 0 Å². The number of hydrogen-bond donors (Lipinski definition) is 2. The Kier molecular flexibility index (Phi) is 6.02. The van der Waals surface area contributed by atoms with Gasteiger partial charge in [0.1, 0.15) is 5.75 Å². The Labute approximate surface area is 174 Å². The number of benzene rings is 3. The van der Waals surface area contributed by atoms with E-state index in [1.165, 1.54) is 61.7 Å². The summed E-state index contributed by atoms with van der Waals surface area (Å²) in [7, 11) is -6.19. The van der Waals surface area contributed by atoms with Crippen LogP contribution in [0.3, 0.4) is 0 Å². The minimum absolute atomic E-state index is 0.0233. The first-order valence-electron chi connectivity index (χ1n) is 8.25. The fourth-order valence-corrected chi connectivity index (χ4v) is 4.74. The van der Waals surface area contributed by atoms with E-state index in [4.69, 9.17) is 16.3 Å². The third kappa shape index (κ3) is 5.20. The first-order chi connectivity index (χ1) is 13.7. The first-order valence-corrected chi connectivity index (χ1v) is 11.6. The molecule has 0 aliphatic heterocycles. The van der Waals surface area contributed by atoms with Gasteiger partial charge in [0.25, 0.3) is 20.0 Å². The van der Waals surface area contributed by atoms with E-state index in [2.05, 4.69) is 9.44 Å². The molecule has 29 heavy (non-hydrogen) atoms. The van der Waals surface area contributed by atoms with Crippen molar-refractivity contribution in [1.82, 2.24) is 0 Å². The van der Waals surface area contributed by atoms with Crippen molar-refractivity contribution in [1.29, 1.82) is 0 Å². The minimum atomic E-state index is -3.85. The summed E-state index contributed by atoms with van der Waals surface area (Å²) in [5, 5.41) is 0.397. The third-order valence-electron chi connectivity index (χ3n) is 3.86. The second-order valence-electron chi connectivity index (χ2n) is 5.92. The van der Waals surface area contributed by atoms with Crippen molar-refractivity contribution in [2.45, 2.75) is 9.79 Å². The Bertz CT molecular complexity index is 1210. The number of hydrogen-bond acceptors (Lipinski definition) is 5. The Morgan fingerprint density at radius 1 is 0.724 bits per heavy atom. The highest BCUT2D eigenvalue weighted by molar-refractivity contribution is 7.93. The molecule has 2 N–H and O–H groups in total. The smallest absolute Gasteiger partial charge is 0.261 e. The zero-order valence-corrected chi connectivity index (χ0v) is 17.6. The number of methoxy groups -OCH3 is 1. The number of halogens is 1. The fraction of sp³-hybridized carbons (Fsp3) is 0.0526. The molecule has 0 unspecified atom stereocenters. The van der Waals surface area contributed by atoms with Crippen molar-refractivity contribution in [2.75, 3.05) is 16.6 Å². The Morgan fingerprint density at radius 3 is 1.76 bits per heavy atom. The van der Waals surface area contributed by atoms with Crippen molar-refractivity contribution in [2.24, 2.45) is 0 Å². The van der Waals surface area contributed by atoms with Crippen molar-refractivity contribution in [3.63, 3.8) is 0 Å². The van der Waals surface area contributed by atoms with Gasteiger partial charge in [-0.1, -0.05) is 17.7 Å². The van der Waals surface area contributed by atoms with Gasteiger partial charge in [0.05, 0.1) is 22.6 Å². The molecule has 3 aromatic rings. The molecule has 0 aliphatic rings. The van der Waals surface area contributed by atoms with Gasteiger partial charge in [-0.15, -0.1) is 0 Å². The molecule has 10 heteroatoms. The highest BCUT2D eigenvalue weighted by Gasteiger charge is 2.17. The van der Waals surface area contributed by atoms with Crippen LogP contribution < -0.4 is 14.2 Å². The van der Waals surface area contributed by atoms with Crippen LogP contribution in [0.1, 0.15) is 0 Å². The molecule has 152 valence electrons. The predicted molar refractivity (Wildman–Crippen MR) is 113 cm³/mol. The van der Waals surface area contributed by atoms with Gasteiger partial charge in [-0.25, -0.2) is 16.8 Å². The number of anilines is 2. The molecule has 0 saturated heterocycles. The van der Waals surface area contributed by atoms with Gasteiger partial charge < -0.3 is 4.74 Å². The summed E-state index contributed by atoms with van der Waals surface area (Å²) in [6.45, 7) is 0. The molecule has 3 rings (SSSR count). The van der Waals surface area contributed by atoms with Gasteiger partial charge in [0.2, 0.25) is 0 Å². The average molecular weight is 453 g/mol. The molecule has 0 atom stereocenters. The number of sulfonamides is 2. The van der Waals surface area contributed by atoms with Gasteiger partial charge in [0.15, 0.2) is 0 Å². The Morgan fingerprint density at radius 2 is 1.24 bits per heavy atom. The normalized spacial score (nSPS) is 11.7. The molecule has 0 spiro atoms. The van der Waals surface area contributed by atoms with Crippen LogP contribution >= 0.6 is 11.6 Å². The van der Waals surface area contributed by atoms with Crippen LogP contribution in [-0.2, 0) is 20.0 Å². The lowest BCUT2D eigenvalue weighted by atomic mass is 10.3. The van der Waals surface area contributed by atoms with E-state index in [1.54, 1.807) is 18.2 Å². The summed E-state index contributed by atoms with van der Waals surface area (Å²) in [6.07, 6.45) is 0. The molecule has 0 fully saturated rings. The quantitative estimate of drug-likeness (QED) is 0.565. The first kappa shape index (κ1) is 21.0. The average Bonchev–Trinajstić information content (AvgIpc) is 2.68. The topological polar surface area (TPSA) is 102 Å². The molecule has 3 aromatic carbocycles. The highest BCUT2D eigenvalue weighted by Crippen LogP contribution is 2.23. The van der Waals surface area contributed by atoms with Crippen molar-refractivity contribution < 1.29 is 21.6 Å². The van der Waals surface area contributed by atoms with E-state index in [1.807, 2.05) is 0 Å². The second kappa shape index (κ2) is 8.32. The zero-order valence-electron chi connectivity index (χ0n) is 15.2. The highest BCUT2D eigenvalue weighted by atomic mass is 35.5. The largest absolute Gasteiger partial charge is 0.497 e. The van der Waals surface area contributed by atoms with Crippen LogP contribution in [-0.4, -0.2) is 23.9 Å². The molecule has 0 heterocycles. The lowest BCUT2D eigenvalue weighted by Gasteiger charge is -2.11. The van der Waals surface area contributed by atoms with Crippen LogP contribution in [0.5, 0.6) is 5.75 Å². The molecule has 0 aromatic heterocycles. The van der Waals surface area contributed by atoms with E-state index in [-0.39, 0.29) is 15.5 Å². The molecule has 0 radical (unpaired) electrons. The van der Waals surface area contributed by atoms with Crippen LogP contribution in [0.15, 0.2) is 82.6 Å². The molecular weight excluding hydrogens is 436 g/mol. The Balaban J connectivity index is 1.77. The van der Waals surface area contributed by atoms with Crippen LogP contribution in [0, 0.1) is 0 Å². The van der Waals surface area contributed by atoms with E-state index < -0.39 is 20.0 Å². The summed E-state index contributed by atoms with van der Waals surface area (Å²) in [5.74, 6) is 0.533. The van der Waals surface area contributed by atoms with E-state index >= 15 is 0 Å². The number of ether oxygens (including phenoxy) is 1. The van der Waals surface area contributed by atoms with Gasteiger partial charge in [-0.05, 0) is 66.7 Å². The van der Waals surface area contributed by atoms with Crippen molar-refractivity contribution in [3.05, 3.63) is 77.8 Å². The lowest BCUT2D eigenvalue weighted by Crippen LogP contribution is -2.14. The van der Waals surface area contributed by atoms with Gasteiger partial charge in [-0.3, -0.25) is 9.44 Å². The summed E-state index contributed by atoms with van der Waals surface area (Å²) >= 11 is 5.86. The fourth-order valence-electron chi connectivity index (χ4n) is 2.44. The van der Waals surface area contributed by atoms with Gasteiger partial charge in [0, 0.05) is 10.7 Å². The summed E-state index contributed by atoms with van der Waals surface area (Å²) in [4.78, 5) is 0.0301. The third-order valence-corrected chi connectivity index (χ3v) is 6.89. The van der Waals surface area contributed by atoms with E-state index in [0.29, 0.717) is 16.5 Å². The maximum Gasteiger partial charge on any atom is 0.261 e. The monoisotopic (exact) mass is 452 g/mol.